The van der Waals surface area contributed by atoms with Gasteiger partial charge in [-0.05, 0) is 29.7 Å². The Bertz CT molecular complexity index is 801. The average molecular weight is 380 g/mol. The summed E-state index contributed by atoms with van der Waals surface area (Å²) in [7, 11) is 1.86. The van der Waals surface area contributed by atoms with Crippen LogP contribution in [0.1, 0.15) is 11.1 Å². The molecule has 4 rings (SSSR count). The van der Waals surface area contributed by atoms with E-state index in [4.69, 9.17) is 9.47 Å². The molecule has 2 heterocycles. The third kappa shape index (κ3) is 4.57. The quantitative estimate of drug-likeness (QED) is 0.637. The van der Waals surface area contributed by atoms with Gasteiger partial charge in [0.2, 0.25) is 6.79 Å². The Kier molecular flexibility index (Phi) is 5.97. The second-order valence-electron chi connectivity index (χ2n) is 7.16. The minimum absolute atomic E-state index is 0.327. The highest BCUT2D eigenvalue weighted by Gasteiger charge is 2.20. The summed E-state index contributed by atoms with van der Waals surface area (Å²) >= 11 is 0. The average Bonchev–Trinajstić information content (AvgIpc) is 3.21. The summed E-state index contributed by atoms with van der Waals surface area (Å²) < 4.78 is 10.9. The van der Waals surface area contributed by atoms with E-state index in [0.29, 0.717) is 6.79 Å². The van der Waals surface area contributed by atoms with Gasteiger partial charge in [-0.1, -0.05) is 36.4 Å². The molecule has 1 saturated heterocycles. The van der Waals surface area contributed by atoms with E-state index in [2.05, 4.69) is 62.6 Å². The Morgan fingerprint density at radius 2 is 1.75 bits per heavy atom. The van der Waals surface area contributed by atoms with E-state index >= 15 is 0 Å². The van der Waals surface area contributed by atoms with E-state index in [9.17, 15) is 0 Å². The van der Waals surface area contributed by atoms with Crippen LogP contribution in [0.5, 0.6) is 11.5 Å². The number of piperazine rings is 1. The predicted molar refractivity (Wildman–Crippen MR) is 111 cm³/mol. The zero-order chi connectivity index (χ0) is 19.2. The van der Waals surface area contributed by atoms with Gasteiger partial charge in [0, 0.05) is 46.3 Å². The molecule has 1 N–H and O–H groups in total. The zero-order valence-electron chi connectivity index (χ0n) is 16.4. The van der Waals surface area contributed by atoms with Gasteiger partial charge in [-0.2, -0.15) is 0 Å². The Labute approximate surface area is 166 Å². The monoisotopic (exact) mass is 380 g/mol. The predicted octanol–water partition coefficient (Wildman–Crippen LogP) is 2.35. The molecule has 0 saturated carbocycles. The molecule has 28 heavy (non-hydrogen) atoms. The molecule has 148 valence electrons. The number of hydrogen-bond acceptors (Lipinski definition) is 4. The van der Waals surface area contributed by atoms with Crippen LogP contribution in [0.4, 0.5) is 0 Å². The van der Waals surface area contributed by atoms with Gasteiger partial charge in [-0.25, -0.2) is 0 Å². The first kappa shape index (κ1) is 18.6. The molecule has 0 bridgehead atoms. The normalized spacial score (nSPS) is 17.0. The van der Waals surface area contributed by atoms with Crippen molar-refractivity contribution < 1.29 is 9.47 Å². The van der Waals surface area contributed by atoms with Gasteiger partial charge in [0.25, 0.3) is 0 Å². The number of fused-ring (bicyclic) bond motifs is 1. The highest BCUT2D eigenvalue weighted by molar-refractivity contribution is 5.80. The summed E-state index contributed by atoms with van der Waals surface area (Å²) in [6.45, 7) is 6.17. The van der Waals surface area contributed by atoms with Crippen LogP contribution < -0.4 is 14.8 Å². The Morgan fingerprint density at radius 3 is 2.54 bits per heavy atom. The smallest absolute Gasteiger partial charge is 0.231 e. The van der Waals surface area contributed by atoms with Crippen molar-refractivity contribution in [2.45, 2.75) is 13.0 Å². The van der Waals surface area contributed by atoms with Crippen LogP contribution in [0, 0.1) is 0 Å². The number of nitrogens with zero attached hydrogens (tertiary/aromatic N) is 3. The van der Waals surface area contributed by atoms with Crippen LogP contribution in [-0.4, -0.2) is 62.3 Å². The van der Waals surface area contributed by atoms with E-state index in [1.165, 1.54) is 11.1 Å². The molecule has 2 aromatic carbocycles. The van der Waals surface area contributed by atoms with Crippen molar-refractivity contribution in [3.8, 4) is 11.5 Å². The van der Waals surface area contributed by atoms with Crippen molar-refractivity contribution >= 4 is 5.96 Å². The molecule has 0 radical (unpaired) electrons. The number of benzene rings is 2. The number of ether oxygens (including phenoxy) is 2. The van der Waals surface area contributed by atoms with E-state index in [1.807, 2.05) is 13.1 Å². The van der Waals surface area contributed by atoms with Gasteiger partial charge in [-0.15, -0.1) is 0 Å². The molecular formula is C22H28N4O2. The number of nitrogens with one attached hydrogen (secondary N) is 1. The molecule has 2 aliphatic rings. The zero-order valence-corrected chi connectivity index (χ0v) is 16.4. The molecule has 0 aromatic heterocycles. The van der Waals surface area contributed by atoms with Crippen molar-refractivity contribution in [1.82, 2.24) is 15.1 Å². The first-order valence-electron chi connectivity index (χ1n) is 9.92. The maximum Gasteiger partial charge on any atom is 0.231 e. The minimum atomic E-state index is 0.327. The number of aliphatic imine (C=N–C) groups is 1. The summed E-state index contributed by atoms with van der Waals surface area (Å²) in [5.74, 6) is 2.71. The van der Waals surface area contributed by atoms with E-state index < -0.39 is 0 Å². The summed E-state index contributed by atoms with van der Waals surface area (Å²) in [6, 6.07) is 16.8. The molecule has 0 amide bonds. The van der Waals surface area contributed by atoms with Gasteiger partial charge in [0.1, 0.15) is 0 Å². The first-order valence-corrected chi connectivity index (χ1v) is 9.92. The lowest BCUT2D eigenvalue weighted by Crippen LogP contribution is -2.52. The number of hydrogen-bond donors (Lipinski definition) is 1. The maximum atomic E-state index is 5.49. The van der Waals surface area contributed by atoms with Crippen LogP contribution in [-0.2, 0) is 13.0 Å². The van der Waals surface area contributed by atoms with Crippen molar-refractivity contribution in [3.05, 3.63) is 59.7 Å². The minimum Gasteiger partial charge on any atom is -0.454 e. The lowest BCUT2D eigenvalue weighted by molar-refractivity contribution is 0.171. The van der Waals surface area contributed by atoms with Crippen LogP contribution >= 0.6 is 0 Å². The van der Waals surface area contributed by atoms with Crippen molar-refractivity contribution in [1.29, 1.82) is 0 Å². The van der Waals surface area contributed by atoms with Crippen LogP contribution in [0.15, 0.2) is 53.5 Å². The highest BCUT2D eigenvalue weighted by Crippen LogP contribution is 2.32. The lowest BCUT2D eigenvalue weighted by Gasteiger charge is -2.36. The summed E-state index contributed by atoms with van der Waals surface area (Å²) in [5.41, 5.74) is 2.61. The van der Waals surface area contributed by atoms with E-state index in [1.54, 1.807) is 0 Å². The molecule has 6 heteroatoms. The van der Waals surface area contributed by atoms with Crippen molar-refractivity contribution in [3.63, 3.8) is 0 Å². The van der Waals surface area contributed by atoms with Gasteiger partial charge < -0.3 is 19.7 Å². The molecule has 2 aromatic rings. The fourth-order valence-electron chi connectivity index (χ4n) is 3.71. The summed E-state index contributed by atoms with van der Waals surface area (Å²) in [6.07, 6.45) is 1.00. The summed E-state index contributed by atoms with van der Waals surface area (Å²) in [5, 5.41) is 3.51. The number of rotatable bonds is 5. The molecule has 2 aliphatic heterocycles. The Balaban J connectivity index is 1.23. The van der Waals surface area contributed by atoms with Crippen molar-refractivity contribution in [2.75, 3.05) is 46.6 Å². The fourth-order valence-corrected chi connectivity index (χ4v) is 3.71. The van der Waals surface area contributed by atoms with Gasteiger partial charge >= 0.3 is 0 Å². The fraction of sp³-hybridized carbons (Fsp3) is 0.409. The van der Waals surface area contributed by atoms with Gasteiger partial charge in [0.05, 0.1) is 0 Å². The molecule has 0 aliphatic carbocycles. The third-order valence-corrected chi connectivity index (χ3v) is 5.27. The molecule has 1 fully saturated rings. The highest BCUT2D eigenvalue weighted by atomic mass is 16.7. The van der Waals surface area contributed by atoms with E-state index in [-0.39, 0.29) is 0 Å². The van der Waals surface area contributed by atoms with E-state index in [0.717, 1.165) is 63.1 Å². The Hall–Kier alpha value is -2.73. The molecule has 6 nitrogen and oxygen atoms in total. The van der Waals surface area contributed by atoms with Gasteiger partial charge in [-0.3, -0.25) is 9.89 Å². The second kappa shape index (κ2) is 8.97. The summed E-state index contributed by atoms with van der Waals surface area (Å²) in [4.78, 5) is 9.30. The Morgan fingerprint density at radius 1 is 0.964 bits per heavy atom. The standard InChI is InChI=1S/C22H28N4O2/c1-23-22(24-10-9-18-5-3-2-4-6-18)26-13-11-25(12-14-26)16-19-7-8-20-21(15-19)28-17-27-20/h2-8,15H,9-14,16-17H2,1H3,(H,23,24). The molecule has 0 spiro atoms. The van der Waals surface area contributed by atoms with Crippen LogP contribution in [0.3, 0.4) is 0 Å². The number of guanidine groups is 1. The maximum absolute atomic E-state index is 5.49. The van der Waals surface area contributed by atoms with Gasteiger partial charge in [0.15, 0.2) is 17.5 Å². The largest absolute Gasteiger partial charge is 0.454 e. The van der Waals surface area contributed by atoms with Crippen molar-refractivity contribution in [2.24, 2.45) is 4.99 Å². The molecular weight excluding hydrogens is 352 g/mol. The lowest BCUT2D eigenvalue weighted by atomic mass is 10.1. The topological polar surface area (TPSA) is 49.3 Å². The third-order valence-electron chi connectivity index (χ3n) is 5.27. The SMILES string of the molecule is CN=C(NCCc1ccccc1)N1CCN(Cc2ccc3c(c2)OCO3)CC1. The molecule has 0 atom stereocenters. The molecule has 0 unspecified atom stereocenters. The second-order valence-corrected chi connectivity index (χ2v) is 7.16. The first-order chi connectivity index (χ1) is 13.8. The van der Waals surface area contributed by atoms with Crippen LogP contribution in [0.25, 0.3) is 0 Å². The van der Waals surface area contributed by atoms with Crippen LogP contribution in [0.2, 0.25) is 0 Å².